The number of hydrogen-bond acceptors (Lipinski definition) is 7. The Kier molecular flexibility index (Phi) is 5.86. The smallest absolute Gasteiger partial charge is 0.237 e. The van der Waals surface area contributed by atoms with Crippen LogP contribution in [0.5, 0.6) is 11.5 Å². The monoisotopic (exact) mass is 348 g/mol. The summed E-state index contributed by atoms with van der Waals surface area (Å²) in [5.74, 6) is 1.36. The first-order valence-electron chi connectivity index (χ1n) is 7.23. The lowest BCUT2D eigenvalue weighted by Crippen LogP contribution is -2.22. The number of anilines is 2. The summed E-state index contributed by atoms with van der Waals surface area (Å²) in [6.07, 6.45) is 0. The summed E-state index contributed by atoms with van der Waals surface area (Å²) in [5.41, 5.74) is 7.09. The molecule has 2 aromatic rings. The quantitative estimate of drug-likeness (QED) is 0.611. The van der Waals surface area contributed by atoms with Crippen LogP contribution < -0.4 is 20.5 Å². The number of ether oxygens (including phenoxy) is 2. The summed E-state index contributed by atoms with van der Waals surface area (Å²) in [5, 5.41) is 2.92. The van der Waals surface area contributed by atoms with Crippen molar-refractivity contribution in [1.82, 2.24) is 9.97 Å². The van der Waals surface area contributed by atoms with Crippen molar-refractivity contribution < 1.29 is 14.3 Å². The zero-order valence-corrected chi connectivity index (χ0v) is 14.8. The Morgan fingerprint density at radius 2 is 1.92 bits per heavy atom. The maximum Gasteiger partial charge on any atom is 0.237 e. The third-order valence-corrected chi connectivity index (χ3v) is 4.12. The minimum Gasteiger partial charge on any atom is -0.493 e. The van der Waals surface area contributed by atoms with Crippen molar-refractivity contribution >= 4 is 29.2 Å². The fourth-order valence-electron chi connectivity index (χ4n) is 1.99. The van der Waals surface area contributed by atoms with Crippen LogP contribution in [0.25, 0.3) is 0 Å². The van der Waals surface area contributed by atoms with E-state index in [4.69, 9.17) is 15.2 Å². The Morgan fingerprint density at radius 3 is 2.54 bits per heavy atom. The number of nitrogens with one attached hydrogen (secondary N) is 1. The number of nitrogen functional groups attached to an aromatic ring is 1. The van der Waals surface area contributed by atoms with Crippen LogP contribution in [0.4, 0.5) is 11.5 Å². The Balaban J connectivity index is 2.06. The molecule has 0 bridgehead atoms. The molecule has 0 radical (unpaired) electrons. The van der Waals surface area contributed by atoms with E-state index in [1.54, 1.807) is 45.4 Å². The predicted molar refractivity (Wildman–Crippen MR) is 94.7 cm³/mol. The van der Waals surface area contributed by atoms with Gasteiger partial charge in [0.05, 0.1) is 19.5 Å². The van der Waals surface area contributed by atoms with Gasteiger partial charge in [0.2, 0.25) is 5.91 Å². The molecule has 8 heteroatoms. The van der Waals surface area contributed by atoms with Crippen molar-refractivity contribution in [2.75, 3.05) is 25.3 Å². The van der Waals surface area contributed by atoms with Gasteiger partial charge in [0.15, 0.2) is 16.7 Å². The zero-order valence-electron chi connectivity index (χ0n) is 14.0. The van der Waals surface area contributed by atoms with Crippen molar-refractivity contribution in [2.24, 2.45) is 0 Å². The Bertz CT molecular complexity index is 719. The Morgan fingerprint density at radius 1 is 1.21 bits per heavy atom. The van der Waals surface area contributed by atoms with Crippen LogP contribution in [-0.4, -0.2) is 35.3 Å². The standard InChI is InChI=1S/C16H20N4O3S/c1-9-7-14(17)20-16(18-9)24-10(2)15(21)19-11-5-6-12(22-3)13(8-11)23-4/h5-8,10H,1-4H3,(H,19,21)(H2,17,18,20)/t10-/m0/s1. The van der Waals surface area contributed by atoms with E-state index in [0.717, 1.165) is 5.69 Å². The number of carbonyl (C=O) groups is 1. The highest BCUT2D eigenvalue weighted by Gasteiger charge is 2.17. The topological polar surface area (TPSA) is 99.4 Å². The fourth-order valence-corrected chi connectivity index (χ4v) is 2.82. The van der Waals surface area contributed by atoms with Crippen LogP contribution in [0.2, 0.25) is 0 Å². The van der Waals surface area contributed by atoms with Gasteiger partial charge in [0.25, 0.3) is 0 Å². The second-order valence-electron chi connectivity index (χ2n) is 5.04. The molecule has 1 atom stereocenters. The molecule has 0 saturated carbocycles. The van der Waals surface area contributed by atoms with E-state index in [1.807, 2.05) is 6.92 Å². The van der Waals surface area contributed by atoms with Gasteiger partial charge in [-0.1, -0.05) is 11.8 Å². The molecular formula is C16H20N4O3S. The number of benzene rings is 1. The zero-order chi connectivity index (χ0) is 17.7. The van der Waals surface area contributed by atoms with Crippen LogP contribution >= 0.6 is 11.8 Å². The first-order valence-corrected chi connectivity index (χ1v) is 8.11. The van der Waals surface area contributed by atoms with E-state index < -0.39 is 0 Å². The van der Waals surface area contributed by atoms with Crippen molar-refractivity contribution in [3.05, 3.63) is 30.0 Å². The first-order chi connectivity index (χ1) is 11.4. The summed E-state index contributed by atoms with van der Waals surface area (Å²) >= 11 is 1.25. The van der Waals surface area contributed by atoms with Crippen molar-refractivity contribution in [2.45, 2.75) is 24.3 Å². The largest absolute Gasteiger partial charge is 0.493 e. The van der Waals surface area contributed by atoms with Gasteiger partial charge < -0.3 is 20.5 Å². The number of nitrogens with two attached hydrogens (primary N) is 1. The second kappa shape index (κ2) is 7.87. The summed E-state index contributed by atoms with van der Waals surface area (Å²) in [7, 11) is 3.10. The lowest BCUT2D eigenvalue weighted by atomic mass is 10.2. The van der Waals surface area contributed by atoms with E-state index in [2.05, 4.69) is 15.3 Å². The average molecular weight is 348 g/mol. The number of aromatic nitrogens is 2. The fraction of sp³-hybridized carbons (Fsp3) is 0.312. The third-order valence-electron chi connectivity index (χ3n) is 3.16. The van der Waals surface area contributed by atoms with Gasteiger partial charge >= 0.3 is 0 Å². The maximum atomic E-state index is 12.3. The third kappa shape index (κ3) is 4.51. The lowest BCUT2D eigenvalue weighted by molar-refractivity contribution is -0.115. The van der Waals surface area contributed by atoms with Crippen LogP contribution in [0.15, 0.2) is 29.4 Å². The van der Waals surface area contributed by atoms with Crippen molar-refractivity contribution in [3.63, 3.8) is 0 Å². The molecule has 0 saturated heterocycles. The highest BCUT2D eigenvalue weighted by molar-refractivity contribution is 8.00. The molecule has 0 aliphatic carbocycles. The molecule has 0 aliphatic heterocycles. The number of hydrogen-bond donors (Lipinski definition) is 2. The van der Waals surface area contributed by atoms with Crippen LogP contribution in [0.3, 0.4) is 0 Å². The molecule has 0 spiro atoms. The van der Waals surface area contributed by atoms with Crippen LogP contribution in [0.1, 0.15) is 12.6 Å². The normalized spacial score (nSPS) is 11.7. The molecule has 2 rings (SSSR count). The van der Waals surface area contributed by atoms with Gasteiger partial charge in [0, 0.05) is 23.5 Å². The predicted octanol–water partition coefficient (Wildman–Crippen LogP) is 2.50. The number of nitrogens with zero attached hydrogens (tertiary/aromatic N) is 2. The second-order valence-corrected chi connectivity index (χ2v) is 6.34. The molecular weight excluding hydrogens is 328 g/mol. The van der Waals surface area contributed by atoms with E-state index in [0.29, 0.717) is 28.2 Å². The van der Waals surface area contributed by atoms with Crippen LogP contribution in [0, 0.1) is 6.92 Å². The van der Waals surface area contributed by atoms with E-state index >= 15 is 0 Å². The minimum absolute atomic E-state index is 0.170. The number of rotatable bonds is 6. The van der Waals surface area contributed by atoms with Crippen LogP contribution in [-0.2, 0) is 4.79 Å². The van der Waals surface area contributed by atoms with E-state index in [-0.39, 0.29) is 11.2 Å². The molecule has 1 aromatic carbocycles. The molecule has 1 aromatic heterocycles. The lowest BCUT2D eigenvalue weighted by Gasteiger charge is -2.13. The molecule has 1 amide bonds. The number of aryl methyl sites for hydroxylation is 1. The summed E-state index contributed by atoms with van der Waals surface area (Å²) in [4.78, 5) is 20.7. The number of thioether (sulfide) groups is 1. The van der Waals surface area contributed by atoms with E-state index in [1.165, 1.54) is 11.8 Å². The van der Waals surface area contributed by atoms with Gasteiger partial charge in [-0.3, -0.25) is 4.79 Å². The SMILES string of the molecule is COc1ccc(NC(=O)[C@H](C)Sc2nc(C)cc(N)n2)cc1OC. The number of carbonyl (C=O) groups excluding carboxylic acids is 1. The Labute approximate surface area is 145 Å². The van der Waals surface area contributed by atoms with Gasteiger partial charge in [-0.2, -0.15) is 0 Å². The average Bonchev–Trinajstić information content (AvgIpc) is 2.53. The summed E-state index contributed by atoms with van der Waals surface area (Å²) in [6, 6.07) is 6.86. The molecule has 128 valence electrons. The molecule has 0 fully saturated rings. The molecule has 1 heterocycles. The molecule has 0 unspecified atom stereocenters. The molecule has 3 N–H and O–H groups in total. The van der Waals surface area contributed by atoms with Gasteiger partial charge in [-0.05, 0) is 26.0 Å². The minimum atomic E-state index is -0.390. The first kappa shape index (κ1) is 17.9. The highest BCUT2D eigenvalue weighted by atomic mass is 32.2. The van der Waals surface area contributed by atoms with Crippen molar-refractivity contribution in [1.29, 1.82) is 0 Å². The maximum absolute atomic E-state index is 12.3. The van der Waals surface area contributed by atoms with Crippen molar-refractivity contribution in [3.8, 4) is 11.5 Å². The van der Waals surface area contributed by atoms with Gasteiger partial charge in [0.1, 0.15) is 5.82 Å². The van der Waals surface area contributed by atoms with Gasteiger partial charge in [-0.25, -0.2) is 9.97 Å². The highest BCUT2D eigenvalue weighted by Crippen LogP contribution is 2.30. The molecule has 24 heavy (non-hydrogen) atoms. The van der Waals surface area contributed by atoms with E-state index in [9.17, 15) is 4.79 Å². The number of amides is 1. The molecule has 7 nitrogen and oxygen atoms in total. The summed E-state index contributed by atoms with van der Waals surface area (Å²) < 4.78 is 10.4. The summed E-state index contributed by atoms with van der Waals surface area (Å²) in [6.45, 7) is 3.61. The number of methoxy groups -OCH3 is 2. The molecule has 0 aliphatic rings. The van der Waals surface area contributed by atoms with Gasteiger partial charge in [-0.15, -0.1) is 0 Å². The Hall–Kier alpha value is -2.48.